The summed E-state index contributed by atoms with van der Waals surface area (Å²) in [5, 5.41) is 13.8. The number of nitrogens with zero attached hydrogens (tertiary/aromatic N) is 2. The first kappa shape index (κ1) is 17.5. The van der Waals surface area contributed by atoms with Crippen LogP contribution in [0.1, 0.15) is 15.9 Å². The van der Waals surface area contributed by atoms with E-state index in [9.17, 15) is 9.90 Å². The second-order valence-electron chi connectivity index (χ2n) is 6.33. The van der Waals surface area contributed by atoms with Crippen molar-refractivity contribution in [3.8, 4) is 11.3 Å². The number of para-hydroxylation sites is 1. The predicted octanol–water partition coefficient (Wildman–Crippen LogP) is 4.19. The Labute approximate surface area is 161 Å². The molecular weight excluding hydrogens is 352 g/mol. The van der Waals surface area contributed by atoms with Crippen molar-refractivity contribution in [3.05, 3.63) is 84.1 Å². The molecule has 0 aliphatic rings. The quantitative estimate of drug-likeness (QED) is 0.487. The van der Waals surface area contributed by atoms with Crippen LogP contribution in [-0.2, 0) is 6.54 Å². The number of hydrogen-bond acceptors (Lipinski definition) is 5. The Morgan fingerprint density at radius 3 is 2.64 bits per heavy atom. The molecule has 0 aliphatic carbocycles. The summed E-state index contributed by atoms with van der Waals surface area (Å²) >= 11 is 0. The van der Waals surface area contributed by atoms with E-state index in [4.69, 9.17) is 10.7 Å². The maximum atomic E-state index is 11.7. The maximum absolute atomic E-state index is 11.7. The number of aromatic nitrogens is 2. The number of fused-ring (bicyclic) bond motifs is 1. The summed E-state index contributed by atoms with van der Waals surface area (Å²) in [6.45, 7) is 0.405. The van der Waals surface area contributed by atoms with Gasteiger partial charge in [0.1, 0.15) is 5.82 Å². The lowest BCUT2D eigenvalue weighted by Gasteiger charge is -2.14. The number of aromatic carboxylic acids is 1. The molecular formula is C22H18N4O2. The highest BCUT2D eigenvalue weighted by molar-refractivity contribution is 5.97. The van der Waals surface area contributed by atoms with Crippen molar-refractivity contribution < 1.29 is 9.90 Å². The van der Waals surface area contributed by atoms with Gasteiger partial charge in [-0.05, 0) is 35.9 Å². The summed E-state index contributed by atoms with van der Waals surface area (Å²) in [5.74, 6) is -0.411. The summed E-state index contributed by atoms with van der Waals surface area (Å²) in [6, 6.07) is 20.2. The second-order valence-corrected chi connectivity index (χ2v) is 6.33. The number of hydrogen-bond donors (Lipinski definition) is 3. The molecule has 0 atom stereocenters. The molecule has 0 spiro atoms. The largest absolute Gasteiger partial charge is 0.478 e. The van der Waals surface area contributed by atoms with Crippen LogP contribution in [0.4, 0.5) is 11.5 Å². The van der Waals surface area contributed by atoms with Crippen LogP contribution in [0.25, 0.3) is 22.2 Å². The van der Waals surface area contributed by atoms with Gasteiger partial charge in [-0.2, -0.15) is 0 Å². The molecule has 28 heavy (non-hydrogen) atoms. The zero-order valence-corrected chi connectivity index (χ0v) is 15.0. The molecule has 2 heterocycles. The van der Waals surface area contributed by atoms with Gasteiger partial charge < -0.3 is 16.2 Å². The molecule has 0 unspecified atom stereocenters. The lowest BCUT2D eigenvalue weighted by molar-refractivity contribution is 0.0697. The van der Waals surface area contributed by atoms with Crippen molar-refractivity contribution in [1.82, 2.24) is 9.97 Å². The topological polar surface area (TPSA) is 101 Å². The molecule has 0 bridgehead atoms. The lowest BCUT2D eigenvalue weighted by Crippen LogP contribution is -2.08. The van der Waals surface area contributed by atoms with Gasteiger partial charge in [-0.25, -0.2) is 14.8 Å². The number of carboxylic acids is 1. The highest BCUT2D eigenvalue weighted by atomic mass is 16.4. The first-order valence-electron chi connectivity index (χ1n) is 8.79. The SMILES string of the molecule is Nc1cccnc1NCc1cc2ccccc2nc1-c1ccccc1C(=O)O. The highest BCUT2D eigenvalue weighted by Crippen LogP contribution is 2.29. The van der Waals surface area contributed by atoms with Crippen molar-refractivity contribution in [2.75, 3.05) is 11.1 Å². The van der Waals surface area contributed by atoms with Crippen molar-refractivity contribution >= 4 is 28.4 Å². The number of carboxylic acid groups (broad SMARTS) is 1. The van der Waals surface area contributed by atoms with E-state index in [0.717, 1.165) is 16.5 Å². The minimum absolute atomic E-state index is 0.212. The van der Waals surface area contributed by atoms with Crippen LogP contribution in [0.3, 0.4) is 0 Å². The molecule has 138 valence electrons. The van der Waals surface area contributed by atoms with Gasteiger partial charge in [0.05, 0.1) is 22.5 Å². The van der Waals surface area contributed by atoms with Crippen LogP contribution >= 0.6 is 0 Å². The van der Waals surface area contributed by atoms with E-state index in [0.29, 0.717) is 29.3 Å². The second kappa shape index (κ2) is 7.36. The Hall–Kier alpha value is -3.93. The van der Waals surface area contributed by atoms with Crippen LogP contribution in [-0.4, -0.2) is 21.0 Å². The highest BCUT2D eigenvalue weighted by Gasteiger charge is 2.16. The zero-order valence-electron chi connectivity index (χ0n) is 15.0. The van der Waals surface area contributed by atoms with Crippen LogP contribution in [0, 0.1) is 0 Å². The summed E-state index contributed by atoms with van der Waals surface area (Å²) in [4.78, 5) is 20.7. The van der Waals surface area contributed by atoms with Crippen molar-refractivity contribution in [1.29, 1.82) is 0 Å². The van der Waals surface area contributed by atoms with Crippen LogP contribution < -0.4 is 11.1 Å². The van der Waals surface area contributed by atoms with Crippen molar-refractivity contribution in [2.24, 2.45) is 0 Å². The van der Waals surface area contributed by atoms with Gasteiger partial charge in [-0.1, -0.05) is 36.4 Å². The van der Waals surface area contributed by atoms with Gasteiger partial charge in [0.25, 0.3) is 0 Å². The number of rotatable bonds is 5. The van der Waals surface area contributed by atoms with Crippen molar-refractivity contribution in [3.63, 3.8) is 0 Å². The van der Waals surface area contributed by atoms with E-state index in [1.165, 1.54) is 0 Å². The Morgan fingerprint density at radius 2 is 1.82 bits per heavy atom. The monoisotopic (exact) mass is 370 g/mol. The average Bonchev–Trinajstić information content (AvgIpc) is 2.72. The van der Waals surface area contributed by atoms with E-state index in [1.807, 2.05) is 36.4 Å². The van der Waals surface area contributed by atoms with Gasteiger partial charge >= 0.3 is 5.97 Å². The molecule has 2 aromatic carbocycles. The van der Waals surface area contributed by atoms with Gasteiger partial charge in [0.15, 0.2) is 0 Å². The predicted molar refractivity (Wildman–Crippen MR) is 110 cm³/mol. The normalized spacial score (nSPS) is 10.7. The van der Waals surface area contributed by atoms with E-state index in [-0.39, 0.29) is 5.56 Å². The number of nitrogens with one attached hydrogen (secondary N) is 1. The third kappa shape index (κ3) is 3.35. The zero-order chi connectivity index (χ0) is 19.5. The number of carbonyl (C=O) groups is 1. The molecule has 4 aromatic rings. The van der Waals surface area contributed by atoms with Crippen LogP contribution in [0.15, 0.2) is 72.9 Å². The molecule has 6 heteroatoms. The van der Waals surface area contributed by atoms with Crippen LogP contribution in [0.5, 0.6) is 0 Å². The van der Waals surface area contributed by atoms with E-state index >= 15 is 0 Å². The lowest BCUT2D eigenvalue weighted by atomic mass is 9.98. The third-order valence-electron chi connectivity index (χ3n) is 4.50. The molecule has 0 fully saturated rings. The Balaban J connectivity index is 1.84. The Bertz CT molecular complexity index is 1170. The smallest absolute Gasteiger partial charge is 0.336 e. The minimum Gasteiger partial charge on any atom is -0.478 e. The van der Waals surface area contributed by atoms with Gasteiger partial charge in [-0.3, -0.25) is 0 Å². The molecule has 0 amide bonds. The summed E-state index contributed by atoms with van der Waals surface area (Å²) in [6.07, 6.45) is 1.66. The van der Waals surface area contributed by atoms with E-state index < -0.39 is 5.97 Å². The molecule has 4 N–H and O–H groups in total. The minimum atomic E-state index is -0.988. The first-order chi connectivity index (χ1) is 13.6. The molecule has 6 nitrogen and oxygen atoms in total. The number of nitrogen functional groups attached to an aromatic ring is 1. The van der Waals surface area contributed by atoms with Crippen LogP contribution in [0.2, 0.25) is 0 Å². The molecule has 0 radical (unpaired) electrons. The van der Waals surface area contributed by atoms with E-state index in [2.05, 4.69) is 10.3 Å². The number of pyridine rings is 2. The maximum Gasteiger partial charge on any atom is 0.336 e. The molecule has 0 aliphatic heterocycles. The van der Waals surface area contributed by atoms with Crippen molar-refractivity contribution in [2.45, 2.75) is 6.54 Å². The standard InChI is InChI=1S/C22H18N4O2/c23-18-9-5-11-24-21(18)25-13-15-12-14-6-1-4-10-19(14)26-20(15)16-7-2-3-8-17(16)22(27)28/h1-12H,13,23H2,(H,24,25)(H,27,28). The van der Waals surface area contributed by atoms with E-state index in [1.54, 1.807) is 36.5 Å². The number of benzene rings is 2. The first-order valence-corrected chi connectivity index (χ1v) is 8.79. The Kier molecular flexibility index (Phi) is 4.60. The van der Waals surface area contributed by atoms with Gasteiger partial charge in [0, 0.05) is 23.7 Å². The fourth-order valence-electron chi connectivity index (χ4n) is 3.15. The summed E-state index contributed by atoms with van der Waals surface area (Å²) in [7, 11) is 0. The van der Waals surface area contributed by atoms with Gasteiger partial charge in [-0.15, -0.1) is 0 Å². The average molecular weight is 370 g/mol. The number of nitrogens with two attached hydrogens (primary N) is 1. The summed E-state index contributed by atoms with van der Waals surface area (Å²) < 4.78 is 0. The molecule has 4 rings (SSSR count). The fraction of sp³-hybridized carbons (Fsp3) is 0.0455. The molecule has 0 saturated heterocycles. The fourth-order valence-corrected chi connectivity index (χ4v) is 3.15. The molecule has 2 aromatic heterocycles. The third-order valence-corrected chi connectivity index (χ3v) is 4.50. The molecule has 0 saturated carbocycles. The summed E-state index contributed by atoms with van der Waals surface area (Å²) in [5.41, 5.74) is 9.59. The number of anilines is 2. The Morgan fingerprint density at radius 1 is 1.04 bits per heavy atom. The van der Waals surface area contributed by atoms with Gasteiger partial charge in [0.2, 0.25) is 0 Å².